The van der Waals surface area contributed by atoms with Gasteiger partial charge in [0.05, 0.1) is 24.1 Å². The molecule has 112 valence electrons. The monoisotopic (exact) mass is 311 g/mol. The average molecular weight is 312 g/mol. The van der Waals surface area contributed by atoms with Crippen LogP contribution >= 0.6 is 11.6 Å². The number of hydrazone groups is 1. The molecular weight excluding hydrogens is 298 g/mol. The first-order valence-corrected chi connectivity index (χ1v) is 6.76. The predicted octanol–water partition coefficient (Wildman–Crippen LogP) is 0.876. The molecule has 0 aromatic heterocycles. The van der Waals surface area contributed by atoms with E-state index < -0.39 is 18.0 Å². The molecule has 1 atom stereocenters. The molecule has 0 bridgehead atoms. The lowest BCUT2D eigenvalue weighted by molar-refractivity contribution is -0.129. The molecule has 3 N–H and O–H groups in total. The van der Waals surface area contributed by atoms with E-state index in [4.69, 9.17) is 16.7 Å². The lowest BCUT2D eigenvalue weighted by Gasteiger charge is -2.14. The summed E-state index contributed by atoms with van der Waals surface area (Å²) in [6.07, 6.45) is -0.904. The Balaban J connectivity index is 2.14. The summed E-state index contributed by atoms with van der Waals surface area (Å²) >= 11 is 5.50. The zero-order chi connectivity index (χ0) is 15.4. The number of benzene rings is 1. The standard InChI is InChI=1S/C13H14ClN3O4/c14-6-10(18)7-15-8-2-1-3-9(4-8)17-12(19)5-11(16-17)13(20)21/h1-4,10,15,18H,5-7H2,(H,20,21). The van der Waals surface area contributed by atoms with Gasteiger partial charge < -0.3 is 15.5 Å². The molecule has 8 heteroatoms. The third-order valence-electron chi connectivity index (χ3n) is 2.83. The molecule has 7 nitrogen and oxygen atoms in total. The molecule has 0 fully saturated rings. The van der Waals surface area contributed by atoms with Crippen LogP contribution < -0.4 is 10.3 Å². The quantitative estimate of drug-likeness (QED) is 0.677. The maximum Gasteiger partial charge on any atom is 0.352 e. The molecule has 1 amide bonds. The Hall–Kier alpha value is -2.12. The highest BCUT2D eigenvalue weighted by Gasteiger charge is 2.29. The molecule has 0 saturated carbocycles. The van der Waals surface area contributed by atoms with E-state index in [1.807, 2.05) is 0 Å². The molecule has 0 saturated heterocycles. The summed E-state index contributed by atoms with van der Waals surface area (Å²) in [5.41, 5.74) is 0.945. The maximum absolute atomic E-state index is 11.8. The summed E-state index contributed by atoms with van der Waals surface area (Å²) in [5, 5.41) is 26.1. The number of nitrogens with one attached hydrogen (secondary N) is 1. The second kappa shape index (κ2) is 6.55. The van der Waals surface area contributed by atoms with Crippen molar-refractivity contribution in [1.82, 2.24) is 0 Å². The summed E-state index contributed by atoms with van der Waals surface area (Å²) in [5.74, 6) is -1.49. The van der Waals surface area contributed by atoms with Gasteiger partial charge in [-0.15, -0.1) is 11.6 Å². The number of nitrogens with zero attached hydrogens (tertiary/aromatic N) is 2. The van der Waals surface area contributed by atoms with Gasteiger partial charge in [-0.3, -0.25) is 4.79 Å². The number of aliphatic hydroxyl groups excluding tert-OH is 1. The summed E-state index contributed by atoms with van der Waals surface area (Å²) in [6, 6.07) is 6.75. The van der Waals surface area contributed by atoms with E-state index in [1.54, 1.807) is 24.3 Å². The Morgan fingerprint density at radius 2 is 2.29 bits per heavy atom. The molecule has 1 unspecified atom stereocenters. The number of amides is 1. The number of hydrogen-bond acceptors (Lipinski definition) is 5. The molecule has 1 aliphatic rings. The van der Waals surface area contributed by atoms with Gasteiger partial charge in [-0.1, -0.05) is 6.07 Å². The molecule has 0 radical (unpaired) electrons. The maximum atomic E-state index is 11.8. The summed E-state index contributed by atoms with van der Waals surface area (Å²) < 4.78 is 0. The smallest absolute Gasteiger partial charge is 0.352 e. The average Bonchev–Trinajstić information content (AvgIpc) is 2.87. The molecule has 0 aliphatic carbocycles. The van der Waals surface area contributed by atoms with E-state index in [-0.39, 0.29) is 24.6 Å². The van der Waals surface area contributed by atoms with Crippen LogP contribution in [0, 0.1) is 0 Å². The number of carbonyl (C=O) groups is 2. The molecular formula is C13H14ClN3O4. The van der Waals surface area contributed by atoms with E-state index >= 15 is 0 Å². The fourth-order valence-electron chi connectivity index (χ4n) is 1.79. The number of halogens is 1. The topological polar surface area (TPSA) is 102 Å². The normalized spacial score (nSPS) is 15.8. The van der Waals surface area contributed by atoms with Crippen LogP contribution in [0.3, 0.4) is 0 Å². The molecule has 1 heterocycles. The number of anilines is 2. The third-order valence-corrected chi connectivity index (χ3v) is 3.19. The minimum absolute atomic E-state index is 0.115. The van der Waals surface area contributed by atoms with Crippen LogP contribution in [-0.4, -0.2) is 46.3 Å². The number of carbonyl (C=O) groups excluding carboxylic acids is 1. The zero-order valence-electron chi connectivity index (χ0n) is 11.0. The van der Waals surface area contributed by atoms with Crippen molar-refractivity contribution in [1.29, 1.82) is 0 Å². The number of aliphatic hydroxyl groups is 1. The number of hydrogen-bond donors (Lipinski definition) is 3. The van der Waals surface area contributed by atoms with Gasteiger partial charge in [0.2, 0.25) is 0 Å². The van der Waals surface area contributed by atoms with Crippen LogP contribution in [0.15, 0.2) is 29.4 Å². The van der Waals surface area contributed by atoms with E-state index in [2.05, 4.69) is 10.4 Å². The van der Waals surface area contributed by atoms with Crippen molar-refractivity contribution in [3.05, 3.63) is 24.3 Å². The fourth-order valence-corrected chi connectivity index (χ4v) is 1.90. The van der Waals surface area contributed by atoms with Gasteiger partial charge in [0.1, 0.15) is 0 Å². The van der Waals surface area contributed by atoms with Gasteiger partial charge in [0.15, 0.2) is 5.71 Å². The van der Waals surface area contributed by atoms with Gasteiger partial charge in [-0.05, 0) is 18.2 Å². The van der Waals surface area contributed by atoms with Gasteiger partial charge in [0.25, 0.3) is 5.91 Å². The van der Waals surface area contributed by atoms with Crippen molar-refractivity contribution >= 4 is 40.6 Å². The number of carboxylic acids is 1. The summed E-state index contributed by atoms with van der Waals surface area (Å²) in [4.78, 5) is 22.6. The molecule has 21 heavy (non-hydrogen) atoms. The number of carboxylic acid groups (broad SMARTS) is 1. The second-order valence-corrected chi connectivity index (χ2v) is 4.78. The van der Waals surface area contributed by atoms with Crippen molar-refractivity contribution in [2.75, 3.05) is 22.8 Å². The molecule has 1 aromatic carbocycles. The van der Waals surface area contributed by atoms with Crippen LogP contribution in [0.1, 0.15) is 6.42 Å². The van der Waals surface area contributed by atoms with Crippen LogP contribution in [0.2, 0.25) is 0 Å². The Morgan fingerprint density at radius 1 is 1.52 bits per heavy atom. The van der Waals surface area contributed by atoms with Gasteiger partial charge in [-0.2, -0.15) is 10.1 Å². The van der Waals surface area contributed by atoms with Crippen molar-refractivity contribution in [3.8, 4) is 0 Å². The van der Waals surface area contributed by atoms with Crippen LogP contribution in [-0.2, 0) is 9.59 Å². The first-order valence-electron chi connectivity index (χ1n) is 6.23. The Morgan fingerprint density at radius 3 is 2.90 bits per heavy atom. The first-order chi connectivity index (χ1) is 10.0. The Bertz CT molecular complexity index is 591. The van der Waals surface area contributed by atoms with Crippen molar-refractivity contribution in [2.24, 2.45) is 5.10 Å². The van der Waals surface area contributed by atoms with Gasteiger partial charge in [-0.25, -0.2) is 4.79 Å². The number of rotatable bonds is 6. The molecule has 1 aromatic rings. The van der Waals surface area contributed by atoms with E-state index in [1.165, 1.54) is 0 Å². The van der Waals surface area contributed by atoms with Crippen LogP contribution in [0.5, 0.6) is 0 Å². The Kier molecular flexibility index (Phi) is 4.77. The van der Waals surface area contributed by atoms with E-state index in [0.717, 1.165) is 5.01 Å². The minimum atomic E-state index is -1.20. The third kappa shape index (κ3) is 3.71. The second-order valence-electron chi connectivity index (χ2n) is 4.47. The minimum Gasteiger partial charge on any atom is -0.477 e. The van der Waals surface area contributed by atoms with Crippen molar-refractivity contribution < 1.29 is 19.8 Å². The highest BCUT2D eigenvalue weighted by atomic mass is 35.5. The van der Waals surface area contributed by atoms with Crippen LogP contribution in [0.25, 0.3) is 0 Å². The summed E-state index contributed by atoms with van der Waals surface area (Å²) in [6.45, 7) is 0.268. The van der Waals surface area contributed by atoms with E-state index in [0.29, 0.717) is 11.4 Å². The molecule has 1 aliphatic heterocycles. The highest BCUT2D eigenvalue weighted by Crippen LogP contribution is 2.23. The summed E-state index contributed by atoms with van der Waals surface area (Å²) in [7, 11) is 0. The lowest BCUT2D eigenvalue weighted by atomic mass is 10.2. The number of alkyl halides is 1. The SMILES string of the molecule is O=C(O)C1=NN(c2cccc(NCC(O)CCl)c2)C(=O)C1. The predicted molar refractivity (Wildman–Crippen MR) is 78.8 cm³/mol. The van der Waals surface area contributed by atoms with Crippen LogP contribution in [0.4, 0.5) is 11.4 Å². The van der Waals surface area contributed by atoms with E-state index in [9.17, 15) is 14.7 Å². The first kappa shape index (κ1) is 15.3. The van der Waals surface area contributed by atoms with Crippen molar-refractivity contribution in [2.45, 2.75) is 12.5 Å². The Labute approximate surface area is 125 Å². The number of aliphatic carboxylic acids is 1. The van der Waals surface area contributed by atoms with Gasteiger partial charge >= 0.3 is 5.97 Å². The molecule has 2 rings (SSSR count). The van der Waals surface area contributed by atoms with Crippen molar-refractivity contribution in [3.63, 3.8) is 0 Å². The largest absolute Gasteiger partial charge is 0.477 e. The highest BCUT2D eigenvalue weighted by molar-refractivity contribution is 6.42. The lowest BCUT2D eigenvalue weighted by Crippen LogP contribution is -2.22. The van der Waals surface area contributed by atoms with Gasteiger partial charge in [0, 0.05) is 12.2 Å². The zero-order valence-corrected chi connectivity index (χ0v) is 11.7. The fraction of sp³-hybridized carbons (Fsp3) is 0.308. The molecule has 0 spiro atoms.